The number of halogens is 1. The van der Waals surface area contributed by atoms with Crippen molar-refractivity contribution in [2.45, 2.75) is 44.4 Å². The molecule has 0 amide bonds. The van der Waals surface area contributed by atoms with Crippen LogP contribution in [0.1, 0.15) is 74.9 Å². The van der Waals surface area contributed by atoms with Crippen molar-refractivity contribution in [1.29, 1.82) is 0 Å². The second-order valence-electron chi connectivity index (χ2n) is 14.0. The van der Waals surface area contributed by atoms with Crippen LogP contribution in [0.3, 0.4) is 0 Å². The van der Waals surface area contributed by atoms with E-state index in [2.05, 4.69) is 89.5 Å². The van der Waals surface area contributed by atoms with Crippen LogP contribution in [0.15, 0.2) is 151 Å². The van der Waals surface area contributed by atoms with Crippen molar-refractivity contribution in [3.05, 3.63) is 200 Å². The number of carboxylic acids is 1. The fraction of sp³-hybridized carbons (Fsp3) is 0.170. The van der Waals surface area contributed by atoms with E-state index in [4.69, 9.17) is 31.6 Å². The van der Waals surface area contributed by atoms with Crippen molar-refractivity contribution < 1.29 is 14.6 Å². The highest BCUT2D eigenvalue weighted by Crippen LogP contribution is 2.44. The summed E-state index contributed by atoms with van der Waals surface area (Å²) in [6, 6.07) is 49.4. The number of unbranched alkanes of at least 4 members (excludes halogenated alkanes) is 1. The van der Waals surface area contributed by atoms with Gasteiger partial charge >= 0.3 is 5.97 Å². The normalized spacial score (nSPS) is 12.1. The molecule has 0 radical (unpaired) electrons. The van der Waals surface area contributed by atoms with Crippen LogP contribution in [0.2, 0.25) is 5.15 Å². The molecule has 290 valence electrons. The summed E-state index contributed by atoms with van der Waals surface area (Å²) in [5, 5.41) is 25.8. The highest BCUT2D eigenvalue weighted by atomic mass is 35.5. The molecule has 5 aromatic carbocycles. The number of nitrogens with zero attached hydrogens (tertiary/aromatic N) is 6. The van der Waals surface area contributed by atoms with E-state index in [0.717, 1.165) is 64.0 Å². The Morgan fingerprint density at radius 1 is 0.810 bits per heavy atom. The molecule has 0 saturated carbocycles. The van der Waals surface area contributed by atoms with Gasteiger partial charge in [-0.05, 0) is 61.7 Å². The molecule has 0 bridgehead atoms. The number of methoxy groups -OCH3 is 1. The fourth-order valence-corrected chi connectivity index (χ4v) is 9.13. The van der Waals surface area contributed by atoms with E-state index < -0.39 is 17.6 Å². The summed E-state index contributed by atoms with van der Waals surface area (Å²) in [7, 11) is 1.57. The van der Waals surface area contributed by atoms with E-state index in [0.29, 0.717) is 28.1 Å². The number of carbonyl (C=O) groups is 1. The molecule has 0 aliphatic rings. The number of benzene rings is 5. The van der Waals surface area contributed by atoms with E-state index in [9.17, 15) is 9.90 Å². The number of rotatable bonds is 15. The first-order valence-electron chi connectivity index (χ1n) is 19.2. The molecule has 3 aromatic heterocycles. The van der Waals surface area contributed by atoms with Crippen LogP contribution < -0.4 is 0 Å². The number of hydrogen-bond acceptors (Lipinski definition) is 7. The van der Waals surface area contributed by atoms with Crippen LogP contribution in [0.25, 0.3) is 22.5 Å². The predicted molar refractivity (Wildman–Crippen MR) is 228 cm³/mol. The molecule has 3 heterocycles. The van der Waals surface area contributed by atoms with Gasteiger partial charge in [-0.3, -0.25) is 0 Å². The van der Waals surface area contributed by atoms with Crippen LogP contribution >= 0.6 is 22.9 Å². The minimum atomic E-state index is -1.01. The number of aromatic nitrogens is 6. The van der Waals surface area contributed by atoms with Crippen molar-refractivity contribution in [2.24, 2.45) is 0 Å². The Balaban J connectivity index is 1.21. The molecule has 1 atom stereocenters. The van der Waals surface area contributed by atoms with Crippen LogP contribution in [0.5, 0.6) is 0 Å². The van der Waals surface area contributed by atoms with Gasteiger partial charge in [-0.15, -0.1) is 16.4 Å². The Morgan fingerprint density at radius 3 is 1.97 bits per heavy atom. The Hall–Kier alpha value is -6.20. The average molecular weight is 805 g/mol. The molecule has 11 heteroatoms. The Morgan fingerprint density at radius 2 is 1.40 bits per heavy atom. The van der Waals surface area contributed by atoms with Gasteiger partial charge in [-0.1, -0.05) is 164 Å². The largest absolute Gasteiger partial charge is 0.478 e. The number of aryl methyl sites for hydroxylation is 1. The number of tetrazole rings is 1. The highest BCUT2D eigenvalue weighted by Gasteiger charge is 2.42. The second kappa shape index (κ2) is 17.1. The maximum atomic E-state index is 12.1. The lowest BCUT2D eigenvalue weighted by molar-refractivity contribution is 0.0688. The van der Waals surface area contributed by atoms with Gasteiger partial charge in [-0.25, -0.2) is 14.5 Å². The Labute approximate surface area is 346 Å². The van der Waals surface area contributed by atoms with E-state index >= 15 is 0 Å². The summed E-state index contributed by atoms with van der Waals surface area (Å²) < 4.78 is 10.0. The second-order valence-corrected chi connectivity index (χ2v) is 15.3. The Kier molecular flexibility index (Phi) is 11.4. The molecule has 0 fully saturated rings. The summed E-state index contributed by atoms with van der Waals surface area (Å²) in [4.78, 5) is 17.5. The average Bonchev–Trinajstić information content (AvgIpc) is 4.03. The quantitative estimate of drug-likeness (QED) is 0.103. The highest BCUT2D eigenvalue weighted by molar-refractivity contribution is 7.10. The minimum Gasteiger partial charge on any atom is -0.478 e. The third-order valence-electron chi connectivity index (χ3n) is 10.6. The van der Waals surface area contributed by atoms with Crippen molar-refractivity contribution in [2.75, 3.05) is 7.11 Å². The third kappa shape index (κ3) is 7.15. The predicted octanol–water partition coefficient (Wildman–Crippen LogP) is 10.6. The molecular formula is C47H41ClN6O3S. The van der Waals surface area contributed by atoms with Gasteiger partial charge in [0.05, 0.1) is 16.1 Å². The molecule has 58 heavy (non-hydrogen) atoms. The molecule has 9 nitrogen and oxygen atoms in total. The molecule has 0 saturated heterocycles. The number of ether oxygens (including phenoxy) is 1. The standard InChI is InChI=1S/C47H41ClN6O3S/c1-3-4-24-40-49-44(48)41(42(57-2)43-39(46(55)56)29-30-58-43)53(40)31-32-25-27-33(28-26-32)37-22-14-15-23-38(37)45-50-51-52-54(45)47(34-16-8-5-9-17-34,35-18-10-6-11-19-35)36-20-12-7-13-21-36/h5-23,25-30,42H,3-4,24,31H2,1-2H3,(H,55,56). The van der Waals surface area contributed by atoms with Crippen LogP contribution in [0.4, 0.5) is 0 Å². The van der Waals surface area contributed by atoms with Crippen LogP contribution in [-0.4, -0.2) is 47.9 Å². The van der Waals surface area contributed by atoms with Crippen molar-refractivity contribution in [3.63, 3.8) is 0 Å². The van der Waals surface area contributed by atoms with Crippen molar-refractivity contribution in [3.8, 4) is 22.5 Å². The lowest BCUT2D eigenvalue weighted by Crippen LogP contribution is -2.39. The lowest BCUT2D eigenvalue weighted by Gasteiger charge is -2.36. The monoisotopic (exact) mass is 804 g/mol. The fourth-order valence-electron chi connectivity index (χ4n) is 7.86. The number of imidazole rings is 1. The number of thiophene rings is 1. The summed E-state index contributed by atoms with van der Waals surface area (Å²) in [5.74, 6) is 0.439. The van der Waals surface area contributed by atoms with E-state index in [1.807, 2.05) is 71.4 Å². The van der Waals surface area contributed by atoms with Gasteiger partial charge in [0.2, 0.25) is 0 Å². The maximum Gasteiger partial charge on any atom is 0.336 e. The van der Waals surface area contributed by atoms with Crippen LogP contribution in [0, 0.1) is 0 Å². The molecular weight excluding hydrogens is 764 g/mol. The van der Waals surface area contributed by atoms with Gasteiger partial charge < -0.3 is 14.4 Å². The van der Waals surface area contributed by atoms with Crippen molar-refractivity contribution >= 4 is 28.9 Å². The third-order valence-corrected chi connectivity index (χ3v) is 11.8. The SMILES string of the molecule is CCCCc1nc(Cl)c(C(OC)c2sccc2C(=O)O)n1Cc1ccc(-c2ccccc2-c2nnnn2C(c2ccccc2)(c2ccccc2)c2ccccc2)cc1. The molecule has 0 aliphatic carbocycles. The minimum absolute atomic E-state index is 0.193. The van der Waals surface area contributed by atoms with Gasteiger partial charge in [0.1, 0.15) is 17.5 Å². The molecule has 8 aromatic rings. The zero-order chi connectivity index (χ0) is 40.1. The van der Waals surface area contributed by atoms with Gasteiger partial charge in [-0.2, -0.15) is 0 Å². The summed E-state index contributed by atoms with van der Waals surface area (Å²) in [5.41, 5.74) is 6.87. The maximum absolute atomic E-state index is 12.1. The lowest BCUT2D eigenvalue weighted by atomic mass is 9.77. The first kappa shape index (κ1) is 38.7. The number of hydrogen-bond donors (Lipinski definition) is 1. The molecule has 0 aliphatic heterocycles. The smallest absolute Gasteiger partial charge is 0.336 e. The van der Waals surface area contributed by atoms with E-state index in [-0.39, 0.29) is 5.56 Å². The number of carboxylic acid groups (broad SMARTS) is 1. The summed E-state index contributed by atoms with van der Waals surface area (Å²) in [6.07, 6.45) is 1.94. The first-order valence-corrected chi connectivity index (χ1v) is 20.4. The molecule has 8 rings (SSSR count). The van der Waals surface area contributed by atoms with Crippen molar-refractivity contribution in [1.82, 2.24) is 29.8 Å². The molecule has 1 N–H and O–H groups in total. The zero-order valence-corrected chi connectivity index (χ0v) is 33.6. The Bertz CT molecular complexity index is 2530. The summed E-state index contributed by atoms with van der Waals surface area (Å²) in [6.45, 7) is 2.61. The zero-order valence-electron chi connectivity index (χ0n) is 32.1. The van der Waals surface area contributed by atoms with Crippen LogP contribution in [-0.2, 0) is 23.2 Å². The number of aromatic carboxylic acids is 1. The molecule has 0 spiro atoms. The van der Waals surface area contributed by atoms with E-state index in [1.54, 1.807) is 18.6 Å². The first-order chi connectivity index (χ1) is 28.4. The van der Waals surface area contributed by atoms with Gasteiger partial charge in [0.15, 0.2) is 11.0 Å². The van der Waals surface area contributed by atoms with Gasteiger partial charge in [0.25, 0.3) is 0 Å². The van der Waals surface area contributed by atoms with E-state index in [1.165, 1.54) is 11.3 Å². The summed E-state index contributed by atoms with van der Waals surface area (Å²) >= 11 is 8.21. The topological polar surface area (TPSA) is 108 Å². The molecule has 1 unspecified atom stereocenters. The van der Waals surface area contributed by atoms with Gasteiger partial charge in [0, 0.05) is 25.6 Å².